The lowest BCUT2D eigenvalue weighted by Crippen LogP contribution is -2.43. The van der Waals surface area contributed by atoms with Crippen molar-refractivity contribution in [2.75, 3.05) is 33.3 Å². The minimum atomic E-state index is -0.278. The molecule has 0 radical (unpaired) electrons. The highest BCUT2D eigenvalue weighted by atomic mass is 19.1. The third-order valence-corrected chi connectivity index (χ3v) is 3.04. The lowest BCUT2D eigenvalue weighted by Gasteiger charge is -2.31. The van der Waals surface area contributed by atoms with Crippen molar-refractivity contribution in [2.45, 2.75) is 13.0 Å². The van der Waals surface area contributed by atoms with E-state index in [0.717, 1.165) is 25.2 Å². The number of ether oxygens (including phenoxy) is 1. The van der Waals surface area contributed by atoms with Crippen molar-refractivity contribution < 1.29 is 9.13 Å². The molecule has 0 saturated carbocycles. The molecule has 0 bridgehead atoms. The minimum absolute atomic E-state index is 0.207. The summed E-state index contributed by atoms with van der Waals surface area (Å²) < 4.78 is 18.9. The van der Waals surface area contributed by atoms with E-state index < -0.39 is 0 Å². The molecule has 1 fully saturated rings. The van der Waals surface area contributed by atoms with Crippen LogP contribution in [-0.2, 0) is 0 Å². The largest absolute Gasteiger partial charge is 0.491 e. The zero-order valence-electron chi connectivity index (χ0n) is 10.4. The van der Waals surface area contributed by atoms with Crippen LogP contribution in [0.1, 0.15) is 18.5 Å². The number of nitrogens with one attached hydrogen (secondary N) is 1. The second-order valence-electron chi connectivity index (χ2n) is 4.39. The Morgan fingerprint density at radius 3 is 3.00 bits per heavy atom. The number of halogens is 1. The standard InChI is InChI=1S/C13H19FN2O/c1-3-17-13-5-4-10(8-11(13)14)12-9-16(2)7-6-15-12/h4-5,8,12,15H,3,6-7,9H2,1-2H3. The van der Waals surface area contributed by atoms with Gasteiger partial charge in [0, 0.05) is 25.7 Å². The van der Waals surface area contributed by atoms with E-state index in [1.54, 1.807) is 12.1 Å². The monoisotopic (exact) mass is 238 g/mol. The molecule has 1 atom stereocenters. The summed E-state index contributed by atoms with van der Waals surface area (Å²) in [7, 11) is 2.08. The maximum absolute atomic E-state index is 13.7. The van der Waals surface area contributed by atoms with Crippen molar-refractivity contribution in [1.29, 1.82) is 0 Å². The first-order valence-electron chi connectivity index (χ1n) is 6.05. The number of hydrogen-bond donors (Lipinski definition) is 1. The van der Waals surface area contributed by atoms with E-state index in [2.05, 4.69) is 17.3 Å². The molecule has 1 saturated heterocycles. The van der Waals surface area contributed by atoms with Gasteiger partial charge in [-0.2, -0.15) is 0 Å². The summed E-state index contributed by atoms with van der Waals surface area (Å²) in [6.07, 6.45) is 0. The van der Waals surface area contributed by atoms with Crippen LogP contribution >= 0.6 is 0 Å². The molecule has 1 unspecified atom stereocenters. The molecule has 1 aromatic rings. The fraction of sp³-hybridized carbons (Fsp3) is 0.538. The summed E-state index contributed by atoms with van der Waals surface area (Å²) in [6.45, 7) is 5.23. The average molecular weight is 238 g/mol. The number of hydrogen-bond acceptors (Lipinski definition) is 3. The van der Waals surface area contributed by atoms with Crippen LogP contribution in [0.4, 0.5) is 4.39 Å². The Kier molecular flexibility index (Phi) is 3.97. The number of rotatable bonds is 3. The van der Waals surface area contributed by atoms with Gasteiger partial charge in [0.1, 0.15) is 0 Å². The minimum Gasteiger partial charge on any atom is -0.491 e. The summed E-state index contributed by atoms with van der Waals surface area (Å²) in [5, 5.41) is 3.40. The predicted octanol–water partition coefficient (Wildman–Crippen LogP) is 1.80. The van der Waals surface area contributed by atoms with Crippen molar-refractivity contribution >= 4 is 0 Å². The zero-order chi connectivity index (χ0) is 12.3. The van der Waals surface area contributed by atoms with Crippen LogP contribution in [0.5, 0.6) is 5.75 Å². The van der Waals surface area contributed by atoms with E-state index in [9.17, 15) is 4.39 Å². The molecule has 0 aromatic heterocycles. The lowest BCUT2D eigenvalue weighted by atomic mass is 10.0. The Balaban J connectivity index is 2.13. The van der Waals surface area contributed by atoms with E-state index in [0.29, 0.717) is 12.4 Å². The molecule has 1 aliphatic rings. The smallest absolute Gasteiger partial charge is 0.165 e. The van der Waals surface area contributed by atoms with Gasteiger partial charge in [-0.05, 0) is 31.7 Å². The molecule has 3 nitrogen and oxygen atoms in total. The van der Waals surface area contributed by atoms with E-state index in [-0.39, 0.29) is 11.9 Å². The fourth-order valence-electron chi connectivity index (χ4n) is 2.13. The number of nitrogens with zero attached hydrogens (tertiary/aromatic N) is 1. The fourth-order valence-corrected chi connectivity index (χ4v) is 2.13. The van der Waals surface area contributed by atoms with Crippen LogP contribution in [-0.4, -0.2) is 38.2 Å². The van der Waals surface area contributed by atoms with Crippen molar-refractivity contribution in [3.05, 3.63) is 29.6 Å². The maximum Gasteiger partial charge on any atom is 0.165 e. The average Bonchev–Trinajstić information content (AvgIpc) is 2.32. The highest BCUT2D eigenvalue weighted by Crippen LogP contribution is 2.23. The van der Waals surface area contributed by atoms with Gasteiger partial charge in [-0.25, -0.2) is 4.39 Å². The molecule has 0 aliphatic carbocycles. The third kappa shape index (κ3) is 2.96. The Morgan fingerprint density at radius 2 is 2.35 bits per heavy atom. The SMILES string of the molecule is CCOc1ccc(C2CN(C)CCN2)cc1F. The molecular formula is C13H19FN2O. The second kappa shape index (κ2) is 5.47. The van der Waals surface area contributed by atoms with Gasteiger partial charge >= 0.3 is 0 Å². The lowest BCUT2D eigenvalue weighted by molar-refractivity contribution is 0.240. The second-order valence-corrected chi connectivity index (χ2v) is 4.39. The van der Waals surface area contributed by atoms with Gasteiger partial charge in [0.2, 0.25) is 0 Å². The molecule has 1 N–H and O–H groups in total. The Hall–Kier alpha value is -1.13. The maximum atomic E-state index is 13.7. The molecule has 2 rings (SSSR count). The van der Waals surface area contributed by atoms with E-state index in [4.69, 9.17) is 4.74 Å². The van der Waals surface area contributed by atoms with Crippen molar-refractivity contribution in [3.63, 3.8) is 0 Å². The molecule has 1 aliphatic heterocycles. The first-order chi connectivity index (χ1) is 8.20. The first kappa shape index (κ1) is 12.3. The van der Waals surface area contributed by atoms with Crippen LogP contribution in [0.25, 0.3) is 0 Å². The molecule has 1 aromatic carbocycles. The van der Waals surface area contributed by atoms with Gasteiger partial charge in [0.05, 0.1) is 6.61 Å². The van der Waals surface area contributed by atoms with Crippen LogP contribution in [0.15, 0.2) is 18.2 Å². The molecular weight excluding hydrogens is 219 g/mol. The van der Waals surface area contributed by atoms with Gasteiger partial charge in [-0.3, -0.25) is 0 Å². The molecule has 0 amide bonds. The van der Waals surface area contributed by atoms with Gasteiger partial charge in [0.25, 0.3) is 0 Å². The van der Waals surface area contributed by atoms with Crippen LogP contribution in [0.3, 0.4) is 0 Å². The van der Waals surface area contributed by atoms with Gasteiger partial charge in [0.15, 0.2) is 11.6 Å². The summed E-state index contributed by atoms with van der Waals surface area (Å²) in [4.78, 5) is 2.25. The van der Waals surface area contributed by atoms with E-state index >= 15 is 0 Å². The van der Waals surface area contributed by atoms with Gasteiger partial charge in [-0.15, -0.1) is 0 Å². The summed E-state index contributed by atoms with van der Waals surface area (Å²) in [5.41, 5.74) is 0.984. The molecule has 17 heavy (non-hydrogen) atoms. The van der Waals surface area contributed by atoms with E-state index in [1.165, 1.54) is 0 Å². The highest BCUT2D eigenvalue weighted by molar-refractivity contribution is 5.31. The predicted molar refractivity (Wildman–Crippen MR) is 65.8 cm³/mol. The normalized spacial score (nSPS) is 21.5. The first-order valence-corrected chi connectivity index (χ1v) is 6.05. The van der Waals surface area contributed by atoms with Crippen LogP contribution in [0, 0.1) is 5.82 Å². The van der Waals surface area contributed by atoms with Crippen molar-refractivity contribution in [3.8, 4) is 5.75 Å². The van der Waals surface area contributed by atoms with E-state index in [1.807, 2.05) is 13.0 Å². The Labute approximate surface area is 102 Å². The van der Waals surface area contributed by atoms with Crippen LogP contribution in [0.2, 0.25) is 0 Å². The molecule has 4 heteroatoms. The quantitative estimate of drug-likeness (QED) is 0.869. The van der Waals surface area contributed by atoms with Gasteiger partial charge in [-0.1, -0.05) is 6.07 Å². The van der Waals surface area contributed by atoms with Crippen LogP contribution < -0.4 is 10.1 Å². The molecule has 94 valence electrons. The van der Waals surface area contributed by atoms with Gasteiger partial charge < -0.3 is 15.0 Å². The molecule has 1 heterocycles. The Bertz CT molecular complexity index is 384. The summed E-state index contributed by atoms with van der Waals surface area (Å²) in [6, 6.07) is 5.43. The third-order valence-electron chi connectivity index (χ3n) is 3.04. The highest BCUT2D eigenvalue weighted by Gasteiger charge is 2.19. The summed E-state index contributed by atoms with van der Waals surface area (Å²) >= 11 is 0. The molecule has 0 spiro atoms. The Morgan fingerprint density at radius 1 is 1.53 bits per heavy atom. The zero-order valence-corrected chi connectivity index (χ0v) is 10.4. The number of likely N-dealkylation sites (N-methyl/N-ethyl adjacent to an activating group) is 1. The summed E-state index contributed by atoms with van der Waals surface area (Å²) in [5.74, 6) is 0.0554. The topological polar surface area (TPSA) is 24.5 Å². The van der Waals surface area contributed by atoms with Crippen molar-refractivity contribution in [1.82, 2.24) is 10.2 Å². The number of benzene rings is 1. The van der Waals surface area contributed by atoms with Crippen molar-refractivity contribution in [2.24, 2.45) is 0 Å². The number of piperazine rings is 1.